The predicted octanol–water partition coefficient (Wildman–Crippen LogP) is 0.506. The Morgan fingerprint density at radius 3 is 2.71 bits per heavy atom. The molecule has 1 fully saturated rings. The fourth-order valence-corrected chi connectivity index (χ4v) is 4.14. The second-order valence-corrected chi connectivity index (χ2v) is 7.69. The zero-order valence-electron chi connectivity index (χ0n) is 13.3. The summed E-state index contributed by atoms with van der Waals surface area (Å²) in [6.07, 6.45) is 3.38. The van der Waals surface area contributed by atoms with Crippen LogP contribution in [0.25, 0.3) is 0 Å². The maximum absolute atomic E-state index is 12.5. The third-order valence-electron chi connectivity index (χ3n) is 4.28. The molecule has 0 radical (unpaired) electrons. The van der Waals surface area contributed by atoms with E-state index in [2.05, 4.69) is 28.9 Å². The van der Waals surface area contributed by atoms with Crippen molar-refractivity contribution in [2.75, 3.05) is 20.6 Å². The highest BCUT2D eigenvalue weighted by Crippen LogP contribution is 2.19. The number of piperidine rings is 1. The standard InChI is InChI=1S/C14H26N4O2S/c1-11-7-12(5-6-17(11)3)16-21(19,20)14-8-13(9-15-2)18(4)10-14/h8,10-12,15-16H,5-7,9H2,1-4H3. The molecule has 2 unspecified atom stereocenters. The van der Waals surface area contributed by atoms with E-state index in [0.717, 1.165) is 25.1 Å². The zero-order chi connectivity index (χ0) is 15.6. The molecular weight excluding hydrogens is 288 g/mol. The van der Waals surface area contributed by atoms with Crippen molar-refractivity contribution in [3.8, 4) is 0 Å². The van der Waals surface area contributed by atoms with E-state index >= 15 is 0 Å². The Balaban J connectivity index is 2.10. The van der Waals surface area contributed by atoms with E-state index in [1.165, 1.54) is 0 Å². The molecule has 0 spiro atoms. The van der Waals surface area contributed by atoms with Crippen LogP contribution in [0.5, 0.6) is 0 Å². The van der Waals surface area contributed by atoms with Crippen LogP contribution in [0.3, 0.4) is 0 Å². The van der Waals surface area contributed by atoms with Crippen LogP contribution in [0, 0.1) is 0 Å². The number of hydrogen-bond donors (Lipinski definition) is 2. The number of nitrogens with one attached hydrogen (secondary N) is 2. The van der Waals surface area contributed by atoms with Crippen LogP contribution in [0.1, 0.15) is 25.5 Å². The van der Waals surface area contributed by atoms with Crippen molar-refractivity contribution in [2.24, 2.45) is 7.05 Å². The van der Waals surface area contributed by atoms with E-state index < -0.39 is 10.0 Å². The molecule has 0 aromatic carbocycles. The minimum Gasteiger partial charge on any atom is -0.352 e. The predicted molar refractivity (Wildman–Crippen MR) is 83.6 cm³/mol. The first-order valence-corrected chi connectivity index (χ1v) is 8.84. The Labute approximate surface area is 127 Å². The first-order chi connectivity index (χ1) is 9.83. The molecule has 1 aromatic rings. The minimum absolute atomic E-state index is 0.0224. The summed E-state index contributed by atoms with van der Waals surface area (Å²) in [6, 6.07) is 2.16. The minimum atomic E-state index is -3.44. The largest absolute Gasteiger partial charge is 0.352 e. The lowest BCUT2D eigenvalue weighted by Gasteiger charge is -2.35. The Kier molecular flexibility index (Phi) is 5.08. The molecule has 120 valence electrons. The highest BCUT2D eigenvalue weighted by molar-refractivity contribution is 7.89. The van der Waals surface area contributed by atoms with Gasteiger partial charge in [-0.1, -0.05) is 0 Å². The third-order valence-corrected chi connectivity index (χ3v) is 5.77. The molecule has 21 heavy (non-hydrogen) atoms. The molecule has 0 bridgehead atoms. The molecule has 1 aromatic heterocycles. The average molecular weight is 314 g/mol. The first kappa shape index (κ1) is 16.5. The molecule has 1 aliphatic heterocycles. The van der Waals surface area contributed by atoms with Crippen molar-refractivity contribution in [3.63, 3.8) is 0 Å². The summed E-state index contributed by atoms with van der Waals surface area (Å²) in [6.45, 7) is 3.71. The molecular formula is C14H26N4O2S. The molecule has 1 aliphatic rings. The van der Waals surface area contributed by atoms with Crippen molar-refractivity contribution in [1.29, 1.82) is 0 Å². The van der Waals surface area contributed by atoms with Crippen molar-refractivity contribution in [1.82, 2.24) is 19.5 Å². The van der Waals surface area contributed by atoms with Crippen LogP contribution in [0.2, 0.25) is 0 Å². The lowest BCUT2D eigenvalue weighted by Crippen LogP contribution is -2.47. The summed E-state index contributed by atoms with van der Waals surface area (Å²) in [5.74, 6) is 0. The van der Waals surface area contributed by atoms with Crippen LogP contribution in [0.4, 0.5) is 0 Å². The molecule has 6 nitrogen and oxygen atoms in total. The molecule has 0 amide bonds. The molecule has 2 N–H and O–H groups in total. The number of aromatic nitrogens is 1. The van der Waals surface area contributed by atoms with Crippen LogP contribution >= 0.6 is 0 Å². The molecule has 0 saturated carbocycles. The molecule has 2 heterocycles. The van der Waals surface area contributed by atoms with Crippen LogP contribution in [0.15, 0.2) is 17.2 Å². The van der Waals surface area contributed by atoms with Gasteiger partial charge in [-0.15, -0.1) is 0 Å². The van der Waals surface area contributed by atoms with E-state index in [1.807, 2.05) is 18.7 Å². The SMILES string of the molecule is CNCc1cc(S(=O)(=O)NC2CCN(C)C(C)C2)cn1C. The monoisotopic (exact) mass is 314 g/mol. The fourth-order valence-electron chi connectivity index (χ4n) is 2.76. The van der Waals surface area contributed by atoms with Gasteiger partial charge in [0.15, 0.2) is 0 Å². The van der Waals surface area contributed by atoms with Gasteiger partial charge in [0, 0.05) is 37.6 Å². The summed E-state index contributed by atoms with van der Waals surface area (Å²) in [5, 5.41) is 3.04. The lowest BCUT2D eigenvalue weighted by atomic mass is 10.0. The topological polar surface area (TPSA) is 66.4 Å². The van der Waals surface area contributed by atoms with Gasteiger partial charge in [0.25, 0.3) is 0 Å². The highest BCUT2D eigenvalue weighted by atomic mass is 32.2. The van der Waals surface area contributed by atoms with E-state index in [1.54, 1.807) is 12.3 Å². The smallest absolute Gasteiger partial charge is 0.242 e. The summed E-state index contributed by atoms with van der Waals surface area (Å²) in [5.41, 5.74) is 0.953. The summed E-state index contributed by atoms with van der Waals surface area (Å²) >= 11 is 0. The number of sulfonamides is 1. The Morgan fingerprint density at radius 1 is 1.38 bits per heavy atom. The quantitative estimate of drug-likeness (QED) is 0.831. The van der Waals surface area contributed by atoms with Gasteiger partial charge in [-0.05, 0) is 46.5 Å². The van der Waals surface area contributed by atoms with Gasteiger partial charge in [0.2, 0.25) is 10.0 Å². The third kappa shape index (κ3) is 3.85. The molecule has 2 rings (SSSR count). The average Bonchev–Trinajstić information content (AvgIpc) is 2.77. The zero-order valence-corrected chi connectivity index (χ0v) is 14.1. The lowest BCUT2D eigenvalue weighted by molar-refractivity contribution is 0.178. The van der Waals surface area contributed by atoms with Gasteiger partial charge in [0.05, 0.1) is 4.90 Å². The number of hydrogen-bond acceptors (Lipinski definition) is 4. The van der Waals surface area contributed by atoms with Gasteiger partial charge >= 0.3 is 0 Å². The molecule has 7 heteroatoms. The maximum atomic E-state index is 12.5. The van der Waals surface area contributed by atoms with Gasteiger partial charge in [-0.25, -0.2) is 13.1 Å². The van der Waals surface area contributed by atoms with E-state index in [9.17, 15) is 8.42 Å². The van der Waals surface area contributed by atoms with Gasteiger partial charge in [0.1, 0.15) is 0 Å². The second kappa shape index (κ2) is 6.48. The van der Waals surface area contributed by atoms with Crippen LogP contribution < -0.4 is 10.0 Å². The van der Waals surface area contributed by atoms with Gasteiger partial charge in [-0.3, -0.25) is 0 Å². The number of rotatable bonds is 5. The summed E-state index contributed by atoms with van der Waals surface area (Å²) in [4.78, 5) is 2.61. The summed E-state index contributed by atoms with van der Waals surface area (Å²) in [7, 11) is 2.35. The van der Waals surface area contributed by atoms with Crippen LogP contribution in [-0.4, -0.2) is 50.6 Å². The van der Waals surface area contributed by atoms with E-state index in [0.29, 0.717) is 17.5 Å². The van der Waals surface area contributed by atoms with Gasteiger partial charge in [-0.2, -0.15) is 0 Å². The normalized spacial score (nSPS) is 24.4. The Hall–Kier alpha value is -0.890. The maximum Gasteiger partial charge on any atom is 0.242 e. The van der Waals surface area contributed by atoms with E-state index in [4.69, 9.17) is 0 Å². The highest BCUT2D eigenvalue weighted by Gasteiger charge is 2.27. The summed E-state index contributed by atoms with van der Waals surface area (Å²) < 4.78 is 29.7. The Bertz CT molecular complexity index is 582. The first-order valence-electron chi connectivity index (χ1n) is 7.36. The van der Waals surface area contributed by atoms with E-state index in [-0.39, 0.29) is 6.04 Å². The number of likely N-dealkylation sites (tertiary alicyclic amines) is 1. The van der Waals surface area contributed by atoms with Crippen molar-refractivity contribution in [3.05, 3.63) is 18.0 Å². The van der Waals surface area contributed by atoms with Gasteiger partial charge < -0.3 is 14.8 Å². The number of aryl methyl sites for hydroxylation is 1. The molecule has 1 saturated heterocycles. The second-order valence-electron chi connectivity index (χ2n) is 5.98. The fraction of sp³-hybridized carbons (Fsp3) is 0.714. The van der Waals surface area contributed by atoms with Crippen molar-refractivity contribution in [2.45, 2.75) is 43.3 Å². The number of nitrogens with zero attached hydrogens (tertiary/aromatic N) is 2. The Morgan fingerprint density at radius 2 is 2.10 bits per heavy atom. The molecule has 0 aliphatic carbocycles. The molecule has 2 atom stereocenters. The van der Waals surface area contributed by atoms with Crippen LogP contribution in [-0.2, 0) is 23.6 Å². The van der Waals surface area contributed by atoms with Crippen molar-refractivity contribution >= 4 is 10.0 Å². The van der Waals surface area contributed by atoms with Crippen molar-refractivity contribution < 1.29 is 8.42 Å².